The Balaban J connectivity index is 0.00000341. The number of nitrogens with one attached hydrogen (secondary N) is 4. The van der Waals surface area contributed by atoms with Crippen LogP contribution in [0.2, 0.25) is 0 Å². The molecule has 7 heteroatoms. The third-order valence-electron chi connectivity index (χ3n) is 5.25. The van der Waals surface area contributed by atoms with Gasteiger partial charge in [0.1, 0.15) is 0 Å². The van der Waals surface area contributed by atoms with Gasteiger partial charge in [0.15, 0.2) is 5.96 Å². The van der Waals surface area contributed by atoms with Gasteiger partial charge in [0.25, 0.3) is 5.91 Å². The van der Waals surface area contributed by atoms with Crippen molar-refractivity contribution in [1.82, 2.24) is 20.9 Å². The fourth-order valence-electron chi connectivity index (χ4n) is 3.24. The van der Waals surface area contributed by atoms with Crippen LogP contribution < -0.4 is 16.0 Å². The van der Waals surface area contributed by atoms with Crippen molar-refractivity contribution >= 4 is 46.7 Å². The van der Waals surface area contributed by atoms with Gasteiger partial charge in [-0.1, -0.05) is 37.3 Å². The summed E-state index contributed by atoms with van der Waals surface area (Å²) in [4.78, 5) is 19.8. The number of rotatable bonds is 8. The summed E-state index contributed by atoms with van der Waals surface area (Å²) in [5.74, 6) is 0.729. The van der Waals surface area contributed by atoms with Gasteiger partial charge in [-0.2, -0.15) is 0 Å². The number of fused-ring (bicyclic) bond motifs is 1. The summed E-state index contributed by atoms with van der Waals surface area (Å²) >= 11 is 0. The Hall–Kier alpha value is -2.55. The van der Waals surface area contributed by atoms with Crippen molar-refractivity contribution in [2.75, 3.05) is 13.6 Å². The molecule has 3 aromatic rings. The van der Waals surface area contributed by atoms with Crippen LogP contribution in [0.4, 0.5) is 0 Å². The molecule has 4 N–H and O–H groups in total. The number of aliphatic imine (C=N–C) groups is 1. The molecule has 0 saturated carbocycles. The summed E-state index contributed by atoms with van der Waals surface area (Å²) in [6.45, 7) is 5.49. The molecular formula is C24H32IN5O. The average molecular weight is 533 g/mol. The van der Waals surface area contributed by atoms with Gasteiger partial charge in [0, 0.05) is 48.8 Å². The second-order valence-electron chi connectivity index (χ2n) is 7.44. The van der Waals surface area contributed by atoms with E-state index >= 15 is 0 Å². The number of amides is 1. The van der Waals surface area contributed by atoms with Gasteiger partial charge in [-0.25, -0.2) is 0 Å². The Kier molecular flexibility index (Phi) is 9.84. The molecule has 1 heterocycles. The topological polar surface area (TPSA) is 81.3 Å². The number of benzene rings is 2. The zero-order valence-corrected chi connectivity index (χ0v) is 20.7. The Morgan fingerprint density at radius 2 is 1.84 bits per heavy atom. The van der Waals surface area contributed by atoms with Crippen molar-refractivity contribution in [3.8, 4) is 0 Å². The molecule has 0 aliphatic rings. The van der Waals surface area contributed by atoms with E-state index in [1.165, 1.54) is 10.9 Å². The van der Waals surface area contributed by atoms with Gasteiger partial charge < -0.3 is 20.9 Å². The summed E-state index contributed by atoms with van der Waals surface area (Å²) in [6, 6.07) is 16.2. The van der Waals surface area contributed by atoms with Gasteiger partial charge in [-0.05, 0) is 49.1 Å². The van der Waals surface area contributed by atoms with Gasteiger partial charge in [0.2, 0.25) is 0 Å². The second-order valence-corrected chi connectivity index (χ2v) is 7.44. The first-order valence-electron chi connectivity index (χ1n) is 10.5. The number of halogens is 1. The largest absolute Gasteiger partial charge is 0.361 e. The van der Waals surface area contributed by atoms with E-state index in [0.717, 1.165) is 36.4 Å². The number of carbonyl (C=O) groups is 1. The molecule has 0 fully saturated rings. The third kappa shape index (κ3) is 6.99. The number of aromatic amines is 1. The van der Waals surface area contributed by atoms with Crippen LogP contribution in [0.3, 0.4) is 0 Å². The first kappa shape index (κ1) is 24.7. The van der Waals surface area contributed by atoms with E-state index in [4.69, 9.17) is 0 Å². The molecule has 0 aliphatic heterocycles. The number of guanidine groups is 1. The highest BCUT2D eigenvalue weighted by molar-refractivity contribution is 14.0. The maximum Gasteiger partial charge on any atom is 0.251 e. The van der Waals surface area contributed by atoms with E-state index in [9.17, 15) is 4.79 Å². The van der Waals surface area contributed by atoms with E-state index in [0.29, 0.717) is 12.1 Å². The predicted molar refractivity (Wildman–Crippen MR) is 139 cm³/mol. The van der Waals surface area contributed by atoms with Crippen LogP contribution in [0.5, 0.6) is 0 Å². The van der Waals surface area contributed by atoms with Crippen molar-refractivity contribution in [3.63, 3.8) is 0 Å². The van der Waals surface area contributed by atoms with E-state index < -0.39 is 0 Å². The lowest BCUT2D eigenvalue weighted by atomic mass is 10.1. The second kappa shape index (κ2) is 12.3. The quantitative estimate of drug-likeness (QED) is 0.199. The number of aromatic nitrogens is 1. The van der Waals surface area contributed by atoms with Gasteiger partial charge in [0.05, 0.1) is 0 Å². The molecular weight excluding hydrogens is 501 g/mol. The van der Waals surface area contributed by atoms with Crippen LogP contribution >= 0.6 is 24.0 Å². The average Bonchev–Trinajstić information content (AvgIpc) is 3.19. The van der Waals surface area contributed by atoms with Gasteiger partial charge in [-0.3, -0.25) is 9.79 Å². The van der Waals surface area contributed by atoms with E-state index in [-0.39, 0.29) is 35.9 Å². The zero-order chi connectivity index (χ0) is 21.3. The molecule has 1 aromatic heterocycles. The Labute approximate surface area is 201 Å². The lowest BCUT2D eigenvalue weighted by Gasteiger charge is -2.13. The highest BCUT2D eigenvalue weighted by Crippen LogP contribution is 2.17. The molecule has 6 nitrogen and oxygen atoms in total. The first-order valence-corrected chi connectivity index (χ1v) is 10.5. The molecule has 166 valence electrons. The van der Waals surface area contributed by atoms with Crippen LogP contribution in [0, 0.1) is 0 Å². The fourth-order valence-corrected chi connectivity index (χ4v) is 3.24. The predicted octanol–water partition coefficient (Wildman–Crippen LogP) is 4.22. The summed E-state index contributed by atoms with van der Waals surface area (Å²) in [6.07, 6.45) is 3.90. The molecule has 0 spiro atoms. The van der Waals surface area contributed by atoms with E-state index in [1.54, 1.807) is 7.05 Å². The van der Waals surface area contributed by atoms with Crippen LogP contribution in [-0.2, 0) is 13.0 Å². The molecule has 31 heavy (non-hydrogen) atoms. The molecule has 0 saturated heterocycles. The molecule has 2 aromatic carbocycles. The Morgan fingerprint density at radius 1 is 1.10 bits per heavy atom. The molecule has 1 amide bonds. The highest BCUT2D eigenvalue weighted by atomic mass is 127. The summed E-state index contributed by atoms with van der Waals surface area (Å²) in [7, 11) is 1.77. The number of para-hydroxylation sites is 1. The van der Waals surface area contributed by atoms with Crippen LogP contribution in [-0.4, -0.2) is 36.5 Å². The SMILES string of the molecule is CCC(C)NC(=O)c1ccc(CNC(=NC)NCCc2c[nH]c3ccccc23)cc1.I. The van der Waals surface area contributed by atoms with Crippen molar-refractivity contribution in [2.45, 2.75) is 39.3 Å². The van der Waals surface area contributed by atoms with Crippen LogP contribution in [0.25, 0.3) is 10.9 Å². The van der Waals surface area contributed by atoms with Gasteiger partial charge >= 0.3 is 0 Å². The molecule has 1 unspecified atom stereocenters. The minimum Gasteiger partial charge on any atom is -0.361 e. The number of H-pyrrole nitrogens is 1. The normalized spacial score (nSPS) is 12.2. The zero-order valence-electron chi connectivity index (χ0n) is 18.4. The van der Waals surface area contributed by atoms with E-state index in [2.05, 4.69) is 57.2 Å². The highest BCUT2D eigenvalue weighted by Gasteiger charge is 2.08. The standard InChI is InChI=1S/C24H31N5O.HI/c1-4-17(2)29-23(30)19-11-9-18(10-12-19)15-28-24(25-3)26-14-13-20-16-27-22-8-6-5-7-21(20)22;/h5-12,16-17,27H,4,13-15H2,1-3H3,(H,29,30)(H2,25,26,28);1H. The lowest BCUT2D eigenvalue weighted by molar-refractivity contribution is 0.0939. The molecule has 3 rings (SSSR count). The summed E-state index contributed by atoms with van der Waals surface area (Å²) in [5, 5.41) is 10.9. The summed E-state index contributed by atoms with van der Waals surface area (Å²) in [5.41, 5.74) is 4.23. The van der Waals surface area contributed by atoms with Crippen molar-refractivity contribution < 1.29 is 4.79 Å². The number of nitrogens with zero attached hydrogens (tertiary/aromatic N) is 1. The molecule has 0 radical (unpaired) electrons. The minimum atomic E-state index is -0.0291. The molecule has 1 atom stereocenters. The maximum absolute atomic E-state index is 12.2. The fraction of sp³-hybridized carbons (Fsp3) is 0.333. The van der Waals surface area contributed by atoms with Gasteiger partial charge in [-0.15, -0.1) is 24.0 Å². The number of hydrogen-bond acceptors (Lipinski definition) is 2. The lowest BCUT2D eigenvalue weighted by Crippen LogP contribution is -2.37. The monoisotopic (exact) mass is 533 g/mol. The van der Waals surface area contributed by atoms with E-state index in [1.807, 2.05) is 37.3 Å². The third-order valence-corrected chi connectivity index (χ3v) is 5.25. The number of carbonyl (C=O) groups excluding carboxylic acids is 1. The smallest absolute Gasteiger partial charge is 0.251 e. The van der Waals surface area contributed by atoms with Crippen molar-refractivity contribution in [1.29, 1.82) is 0 Å². The minimum absolute atomic E-state index is 0. The molecule has 0 bridgehead atoms. The molecule has 0 aliphatic carbocycles. The van der Waals surface area contributed by atoms with Crippen LogP contribution in [0.1, 0.15) is 41.8 Å². The Morgan fingerprint density at radius 3 is 2.55 bits per heavy atom. The van der Waals surface area contributed by atoms with Crippen LogP contribution in [0.15, 0.2) is 59.7 Å². The number of hydrogen-bond donors (Lipinski definition) is 4. The summed E-state index contributed by atoms with van der Waals surface area (Å²) < 4.78 is 0. The maximum atomic E-state index is 12.2. The Bertz CT molecular complexity index is 997. The van der Waals surface area contributed by atoms with Crippen molar-refractivity contribution in [2.24, 2.45) is 4.99 Å². The first-order chi connectivity index (χ1) is 14.6. The van der Waals surface area contributed by atoms with Crippen molar-refractivity contribution in [3.05, 3.63) is 71.4 Å².